The Kier molecular flexibility index (Phi) is 3.30. The molecule has 0 bridgehead atoms. The highest BCUT2D eigenvalue weighted by molar-refractivity contribution is 5.96. The van der Waals surface area contributed by atoms with E-state index in [0.29, 0.717) is 24.4 Å². The Morgan fingerprint density at radius 2 is 1.91 bits per heavy atom. The number of carbonyl (C=O) groups is 3. The van der Waals surface area contributed by atoms with Gasteiger partial charge in [-0.25, -0.2) is 0 Å². The number of rotatable bonds is 1. The van der Waals surface area contributed by atoms with Crippen molar-refractivity contribution < 1.29 is 19.1 Å². The average Bonchev–Trinajstić information content (AvgIpc) is 2.95. The van der Waals surface area contributed by atoms with Crippen molar-refractivity contribution in [2.45, 2.75) is 64.9 Å². The summed E-state index contributed by atoms with van der Waals surface area (Å²) in [7, 11) is 0. The largest absolute Gasteiger partial charge is 0.463 e. The van der Waals surface area contributed by atoms with Crippen LogP contribution in [0.3, 0.4) is 0 Å². The Hall–Kier alpha value is -1.45. The van der Waals surface area contributed by atoms with Crippen molar-refractivity contribution in [2.75, 3.05) is 0 Å². The van der Waals surface area contributed by atoms with Crippen molar-refractivity contribution >= 4 is 17.5 Å². The molecule has 0 aromatic heterocycles. The molecule has 0 unspecified atom stereocenters. The fourth-order valence-corrected chi connectivity index (χ4v) is 5.72. The minimum Gasteiger partial charge on any atom is -0.463 e. The molecule has 4 aliphatic rings. The topological polar surface area (TPSA) is 60.4 Å². The Bertz CT molecular complexity index is 631. The summed E-state index contributed by atoms with van der Waals surface area (Å²) in [5.74, 6) is 0.506. The van der Waals surface area contributed by atoms with Crippen molar-refractivity contribution in [1.82, 2.24) is 0 Å². The van der Waals surface area contributed by atoms with E-state index in [0.717, 1.165) is 32.1 Å². The number of carbonyl (C=O) groups excluding carboxylic acids is 3. The van der Waals surface area contributed by atoms with Gasteiger partial charge >= 0.3 is 5.97 Å². The molecule has 124 valence electrons. The molecule has 0 N–H and O–H groups in total. The molecular formula is C19H24O4. The van der Waals surface area contributed by atoms with Crippen molar-refractivity contribution in [3.05, 3.63) is 11.1 Å². The Labute approximate surface area is 136 Å². The van der Waals surface area contributed by atoms with Crippen LogP contribution in [0.2, 0.25) is 0 Å². The maximum atomic E-state index is 13.1. The van der Waals surface area contributed by atoms with E-state index < -0.39 is 0 Å². The van der Waals surface area contributed by atoms with Crippen LogP contribution < -0.4 is 0 Å². The van der Waals surface area contributed by atoms with Crippen molar-refractivity contribution in [2.24, 2.45) is 23.2 Å². The van der Waals surface area contributed by atoms with Gasteiger partial charge in [-0.2, -0.15) is 0 Å². The van der Waals surface area contributed by atoms with Gasteiger partial charge in [-0.05, 0) is 44.4 Å². The lowest BCUT2D eigenvalue weighted by Crippen LogP contribution is -2.40. The summed E-state index contributed by atoms with van der Waals surface area (Å²) in [5.41, 5.74) is 2.39. The summed E-state index contributed by atoms with van der Waals surface area (Å²) >= 11 is 0. The maximum Gasteiger partial charge on any atom is 0.302 e. The lowest BCUT2D eigenvalue weighted by Gasteiger charge is -2.40. The molecule has 3 saturated carbocycles. The summed E-state index contributed by atoms with van der Waals surface area (Å²) in [5, 5.41) is 0. The van der Waals surface area contributed by atoms with E-state index in [1.165, 1.54) is 18.1 Å². The van der Waals surface area contributed by atoms with Crippen LogP contribution in [0.15, 0.2) is 11.1 Å². The fraction of sp³-hybridized carbons (Fsp3) is 0.737. The maximum absolute atomic E-state index is 13.1. The first-order valence-corrected chi connectivity index (χ1v) is 8.88. The molecule has 5 atom stereocenters. The predicted molar refractivity (Wildman–Crippen MR) is 83.5 cm³/mol. The van der Waals surface area contributed by atoms with Crippen LogP contribution in [-0.4, -0.2) is 23.6 Å². The van der Waals surface area contributed by atoms with E-state index in [2.05, 4.69) is 6.92 Å². The molecule has 0 radical (unpaired) electrons. The van der Waals surface area contributed by atoms with Crippen LogP contribution >= 0.6 is 0 Å². The third-order valence-electron chi connectivity index (χ3n) is 6.88. The molecule has 0 amide bonds. The highest BCUT2D eigenvalue weighted by Crippen LogP contribution is 2.59. The van der Waals surface area contributed by atoms with Gasteiger partial charge in [0.05, 0.1) is 0 Å². The van der Waals surface area contributed by atoms with Crippen LogP contribution in [0.5, 0.6) is 0 Å². The minimum atomic E-state index is -0.285. The second-order valence-electron chi connectivity index (χ2n) is 7.97. The number of esters is 1. The monoisotopic (exact) mass is 316 g/mol. The van der Waals surface area contributed by atoms with E-state index in [4.69, 9.17) is 4.74 Å². The lowest BCUT2D eigenvalue weighted by molar-refractivity contribution is -0.149. The molecule has 3 fully saturated rings. The van der Waals surface area contributed by atoms with E-state index in [1.54, 1.807) is 0 Å². The van der Waals surface area contributed by atoms with Crippen molar-refractivity contribution in [1.29, 1.82) is 0 Å². The zero-order valence-corrected chi connectivity index (χ0v) is 13.9. The van der Waals surface area contributed by atoms with E-state index in [9.17, 15) is 14.4 Å². The molecule has 0 heterocycles. The first-order chi connectivity index (χ1) is 10.9. The Morgan fingerprint density at radius 1 is 1.13 bits per heavy atom. The summed E-state index contributed by atoms with van der Waals surface area (Å²) in [6.07, 6.45) is 5.52. The summed E-state index contributed by atoms with van der Waals surface area (Å²) in [6, 6.07) is 0. The molecule has 0 aromatic rings. The van der Waals surface area contributed by atoms with Gasteiger partial charge in [-0.3, -0.25) is 14.4 Å². The van der Waals surface area contributed by atoms with Crippen LogP contribution in [-0.2, 0) is 19.1 Å². The van der Waals surface area contributed by atoms with Gasteiger partial charge in [-0.15, -0.1) is 0 Å². The number of hydrogen-bond acceptors (Lipinski definition) is 4. The number of fused-ring (bicyclic) bond motifs is 4. The molecule has 4 aliphatic carbocycles. The SMILES string of the molecule is CC(=O)O[C@@H]1CCC2=C3CC[C@]4(C)C(=O)CC[C@@H]4[C@@H]3C(=O)[C@@H]2C1. The summed E-state index contributed by atoms with van der Waals surface area (Å²) < 4.78 is 5.36. The number of Topliss-reactive ketones (excluding diaryl/α,β-unsaturated/α-hetero) is 2. The standard InChI is InChI=1S/C19H24O4/c1-10(20)23-11-3-4-12-13-7-8-19(2)15(5-6-16(19)21)17(13)18(22)14(12)9-11/h11,14-15,17H,3-9H2,1-2H3/t11-,14-,15-,17-,19+/m1/s1. The number of ketones is 2. The molecule has 23 heavy (non-hydrogen) atoms. The average molecular weight is 316 g/mol. The Morgan fingerprint density at radius 3 is 2.65 bits per heavy atom. The van der Waals surface area contributed by atoms with Crippen LogP contribution in [0.25, 0.3) is 0 Å². The molecule has 4 nitrogen and oxygen atoms in total. The van der Waals surface area contributed by atoms with Crippen molar-refractivity contribution in [3.8, 4) is 0 Å². The first kappa shape index (κ1) is 15.1. The van der Waals surface area contributed by atoms with Crippen molar-refractivity contribution in [3.63, 3.8) is 0 Å². The summed E-state index contributed by atoms with van der Waals surface area (Å²) in [4.78, 5) is 36.6. The molecule has 0 aromatic carbocycles. The second kappa shape index (κ2) is 5.02. The fourth-order valence-electron chi connectivity index (χ4n) is 5.72. The normalized spacial score (nSPS) is 42.3. The zero-order chi connectivity index (χ0) is 16.4. The smallest absolute Gasteiger partial charge is 0.302 e. The van der Waals surface area contributed by atoms with Gasteiger partial charge in [0, 0.05) is 30.6 Å². The first-order valence-electron chi connectivity index (χ1n) is 8.88. The number of allylic oxidation sites excluding steroid dienone is 2. The highest BCUT2D eigenvalue weighted by atomic mass is 16.5. The van der Waals surface area contributed by atoms with Gasteiger partial charge < -0.3 is 4.74 Å². The van der Waals surface area contributed by atoms with Gasteiger partial charge in [0.1, 0.15) is 17.7 Å². The minimum absolute atomic E-state index is 0.0312. The van der Waals surface area contributed by atoms with Gasteiger partial charge in [0.2, 0.25) is 0 Å². The van der Waals surface area contributed by atoms with Gasteiger partial charge in [-0.1, -0.05) is 18.1 Å². The highest BCUT2D eigenvalue weighted by Gasteiger charge is 2.58. The second-order valence-corrected chi connectivity index (χ2v) is 7.97. The van der Waals surface area contributed by atoms with Crippen LogP contribution in [0, 0.1) is 23.2 Å². The quantitative estimate of drug-likeness (QED) is 0.551. The van der Waals surface area contributed by atoms with E-state index >= 15 is 0 Å². The Balaban J connectivity index is 1.63. The van der Waals surface area contributed by atoms with Crippen LogP contribution in [0.1, 0.15) is 58.8 Å². The third kappa shape index (κ3) is 2.06. The molecule has 4 heteroatoms. The third-order valence-corrected chi connectivity index (χ3v) is 6.88. The zero-order valence-electron chi connectivity index (χ0n) is 13.9. The predicted octanol–water partition coefficient (Wildman–Crippen LogP) is 2.99. The van der Waals surface area contributed by atoms with E-state index in [-0.39, 0.29) is 35.2 Å². The van der Waals surface area contributed by atoms with Gasteiger partial charge in [0.15, 0.2) is 0 Å². The molecule has 0 spiro atoms. The van der Waals surface area contributed by atoms with E-state index in [1.807, 2.05) is 0 Å². The van der Waals surface area contributed by atoms with Crippen LogP contribution in [0.4, 0.5) is 0 Å². The molecule has 4 rings (SSSR count). The molecular weight excluding hydrogens is 292 g/mol. The number of ether oxygens (including phenoxy) is 1. The summed E-state index contributed by atoms with van der Waals surface area (Å²) in [6.45, 7) is 3.51. The molecule has 0 aliphatic heterocycles. The van der Waals surface area contributed by atoms with Gasteiger partial charge in [0.25, 0.3) is 0 Å². The number of hydrogen-bond donors (Lipinski definition) is 0. The lowest BCUT2D eigenvalue weighted by atomic mass is 9.62. The molecule has 0 saturated heterocycles.